The van der Waals surface area contributed by atoms with Crippen molar-refractivity contribution in [2.45, 2.75) is 49.8 Å². The molecule has 1 saturated carbocycles. The van der Waals surface area contributed by atoms with E-state index in [1.54, 1.807) is 12.1 Å². The van der Waals surface area contributed by atoms with Crippen LogP contribution in [0, 0.1) is 0 Å². The molecule has 1 heterocycles. The van der Waals surface area contributed by atoms with Crippen LogP contribution >= 0.6 is 11.3 Å². The van der Waals surface area contributed by atoms with Crippen LogP contribution in [0.2, 0.25) is 0 Å². The number of aromatic nitrogens is 1. The largest absolute Gasteiger partial charge is 0.263 e. The minimum Gasteiger partial charge on any atom is -0.255 e. The molecule has 22 heavy (non-hydrogen) atoms. The van der Waals surface area contributed by atoms with Gasteiger partial charge in [-0.3, -0.25) is 4.72 Å². The molecular formula is C16H20N2O2S2. The number of sulfonamides is 1. The summed E-state index contributed by atoms with van der Waals surface area (Å²) in [6.45, 7) is 6.30. The lowest BCUT2D eigenvalue weighted by molar-refractivity contribution is 0.587. The van der Waals surface area contributed by atoms with Crippen LogP contribution in [0.25, 0.3) is 0 Å². The summed E-state index contributed by atoms with van der Waals surface area (Å²) in [7, 11) is -3.57. The zero-order valence-electron chi connectivity index (χ0n) is 13.0. The number of rotatable bonds is 4. The zero-order chi connectivity index (χ0) is 16.0. The molecular weight excluding hydrogens is 316 g/mol. The van der Waals surface area contributed by atoms with E-state index in [2.05, 4.69) is 30.5 Å². The summed E-state index contributed by atoms with van der Waals surface area (Å²) in [6, 6.07) is 7.04. The second kappa shape index (κ2) is 5.35. The van der Waals surface area contributed by atoms with Crippen LogP contribution < -0.4 is 4.72 Å². The number of hydrogen-bond donors (Lipinski definition) is 1. The molecule has 1 aromatic carbocycles. The van der Waals surface area contributed by atoms with Gasteiger partial charge in [0.1, 0.15) is 0 Å². The minimum absolute atomic E-state index is 0.00416. The van der Waals surface area contributed by atoms with Crippen molar-refractivity contribution in [2.75, 3.05) is 4.72 Å². The monoisotopic (exact) mass is 336 g/mol. The zero-order valence-corrected chi connectivity index (χ0v) is 14.6. The topological polar surface area (TPSA) is 59.1 Å². The Balaban J connectivity index is 1.79. The van der Waals surface area contributed by atoms with Gasteiger partial charge in [0.05, 0.1) is 10.6 Å². The van der Waals surface area contributed by atoms with Crippen molar-refractivity contribution in [3.05, 3.63) is 40.9 Å². The van der Waals surface area contributed by atoms with Crippen LogP contribution in [0.1, 0.15) is 50.8 Å². The maximum absolute atomic E-state index is 12.4. The fraction of sp³-hybridized carbons (Fsp3) is 0.438. The molecule has 118 valence electrons. The Bertz CT molecular complexity index is 767. The van der Waals surface area contributed by atoms with Gasteiger partial charge >= 0.3 is 0 Å². The number of hydrogen-bond acceptors (Lipinski definition) is 4. The first kappa shape index (κ1) is 15.5. The highest BCUT2D eigenvalue weighted by Crippen LogP contribution is 2.41. The highest BCUT2D eigenvalue weighted by molar-refractivity contribution is 7.93. The molecule has 0 bridgehead atoms. The summed E-state index contributed by atoms with van der Waals surface area (Å²) in [5.74, 6) is 0.528. The second-order valence-corrected chi connectivity index (χ2v) is 9.27. The number of anilines is 1. The smallest absolute Gasteiger partial charge is 0.255 e. The van der Waals surface area contributed by atoms with E-state index in [1.165, 1.54) is 11.3 Å². The first-order chi connectivity index (χ1) is 10.3. The average molecular weight is 336 g/mol. The lowest BCUT2D eigenvalue weighted by Gasteiger charge is -2.19. The van der Waals surface area contributed by atoms with E-state index in [0.717, 1.165) is 24.1 Å². The van der Waals surface area contributed by atoms with Gasteiger partial charge in [0, 0.05) is 11.3 Å². The molecule has 0 atom stereocenters. The first-order valence-electron chi connectivity index (χ1n) is 7.34. The van der Waals surface area contributed by atoms with Crippen LogP contribution in [-0.2, 0) is 15.4 Å². The normalized spacial score (nSPS) is 15.8. The molecule has 1 fully saturated rings. The molecule has 4 nitrogen and oxygen atoms in total. The van der Waals surface area contributed by atoms with Crippen molar-refractivity contribution in [1.82, 2.24) is 4.98 Å². The first-order valence-corrected chi connectivity index (χ1v) is 9.71. The molecule has 0 radical (unpaired) electrons. The summed E-state index contributed by atoms with van der Waals surface area (Å²) >= 11 is 1.35. The van der Waals surface area contributed by atoms with Gasteiger partial charge in [-0.2, -0.15) is 0 Å². The summed E-state index contributed by atoms with van der Waals surface area (Å²) in [5, 5.41) is 2.39. The van der Waals surface area contributed by atoms with Crippen LogP contribution in [0.3, 0.4) is 0 Å². The molecule has 0 unspecified atom stereocenters. The Morgan fingerprint density at radius 1 is 1.18 bits per heavy atom. The molecule has 1 aromatic heterocycles. The molecule has 3 rings (SSSR count). The number of nitrogens with one attached hydrogen (secondary N) is 1. The minimum atomic E-state index is -3.57. The van der Waals surface area contributed by atoms with Crippen molar-refractivity contribution in [1.29, 1.82) is 0 Å². The molecule has 1 aliphatic rings. The quantitative estimate of drug-likeness (QED) is 0.913. The summed E-state index contributed by atoms with van der Waals surface area (Å²) in [5.41, 5.74) is 2.12. The van der Waals surface area contributed by atoms with E-state index in [1.807, 2.05) is 17.5 Å². The molecule has 1 aliphatic carbocycles. The van der Waals surface area contributed by atoms with Gasteiger partial charge in [0.2, 0.25) is 0 Å². The van der Waals surface area contributed by atoms with Gasteiger partial charge in [-0.15, -0.1) is 11.3 Å². The highest BCUT2D eigenvalue weighted by atomic mass is 32.2. The third-order valence-corrected chi connectivity index (χ3v) is 6.03. The molecule has 6 heteroatoms. The highest BCUT2D eigenvalue weighted by Gasteiger charge is 2.27. The van der Waals surface area contributed by atoms with E-state index in [-0.39, 0.29) is 10.3 Å². The fourth-order valence-electron chi connectivity index (χ4n) is 2.21. The molecule has 0 amide bonds. The van der Waals surface area contributed by atoms with Crippen molar-refractivity contribution < 1.29 is 8.42 Å². The lowest BCUT2D eigenvalue weighted by atomic mass is 9.87. The number of benzene rings is 1. The summed E-state index contributed by atoms with van der Waals surface area (Å²) in [6.07, 6.45) is 2.31. The van der Waals surface area contributed by atoms with E-state index < -0.39 is 10.0 Å². The van der Waals surface area contributed by atoms with E-state index in [9.17, 15) is 8.42 Å². The van der Waals surface area contributed by atoms with Crippen molar-refractivity contribution in [3.63, 3.8) is 0 Å². The van der Waals surface area contributed by atoms with Gasteiger partial charge in [-0.1, -0.05) is 32.9 Å². The van der Waals surface area contributed by atoms with E-state index in [0.29, 0.717) is 11.0 Å². The lowest BCUT2D eigenvalue weighted by Crippen LogP contribution is -2.14. The molecule has 0 aliphatic heterocycles. The van der Waals surface area contributed by atoms with Gasteiger partial charge < -0.3 is 0 Å². The molecule has 1 N–H and O–H groups in total. The Labute approximate surface area is 135 Å². The van der Waals surface area contributed by atoms with Crippen LogP contribution in [0.5, 0.6) is 0 Å². The predicted molar refractivity (Wildman–Crippen MR) is 90.0 cm³/mol. The van der Waals surface area contributed by atoms with Crippen molar-refractivity contribution in [2.24, 2.45) is 0 Å². The van der Waals surface area contributed by atoms with Gasteiger partial charge in [0.15, 0.2) is 5.13 Å². The Morgan fingerprint density at radius 2 is 1.82 bits per heavy atom. The summed E-state index contributed by atoms with van der Waals surface area (Å²) in [4.78, 5) is 4.64. The third kappa shape index (κ3) is 3.33. The number of nitrogens with zero attached hydrogens (tertiary/aromatic N) is 1. The Hall–Kier alpha value is -1.40. The van der Waals surface area contributed by atoms with E-state index >= 15 is 0 Å². The fourth-order valence-corrected chi connectivity index (χ4v) is 4.25. The molecule has 0 saturated heterocycles. The Kier molecular flexibility index (Phi) is 3.77. The van der Waals surface area contributed by atoms with Crippen molar-refractivity contribution >= 4 is 26.5 Å². The number of thiazole rings is 1. The van der Waals surface area contributed by atoms with Crippen molar-refractivity contribution in [3.8, 4) is 0 Å². The van der Waals surface area contributed by atoms with Gasteiger partial charge in [-0.05, 0) is 36.0 Å². The van der Waals surface area contributed by atoms with Crippen LogP contribution in [0.15, 0.2) is 34.5 Å². The van der Waals surface area contributed by atoms with E-state index in [4.69, 9.17) is 0 Å². The SMILES string of the molecule is CC(C)(C)c1ccc(S(=O)(=O)Nc2nc(C3CC3)cs2)cc1. The third-order valence-electron chi connectivity index (χ3n) is 3.77. The summed E-state index contributed by atoms with van der Waals surface area (Å²) < 4.78 is 27.4. The maximum Gasteiger partial charge on any atom is 0.263 e. The second-order valence-electron chi connectivity index (χ2n) is 6.73. The van der Waals surface area contributed by atoms with Gasteiger partial charge in [0.25, 0.3) is 10.0 Å². The maximum atomic E-state index is 12.4. The van der Waals surface area contributed by atoms with Crippen LogP contribution in [0.4, 0.5) is 5.13 Å². The molecule has 2 aromatic rings. The Morgan fingerprint density at radius 3 is 2.36 bits per heavy atom. The predicted octanol–water partition coefficient (Wildman–Crippen LogP) is 4.12. The van der Waals surface area contributed by atoms with Gasteiger partial charge in [-0.25, -0.2) is 13.4 Å². The van der Waals surface area contributed by atoms with Crippen LogP contribution in [-0.4, -0.2) is 13.4 Å². The average Bonchev–Trinajstić information content (AvgIpc) is 3.19. The molecule has 0 spiro atoms. The standard InChI is InChI=1S/C16H20N2O2S2/c1-16(2,3)12-6-8-13(9-7-12)22(19,20)18-15-17-14(10-21-15)11-4-5-11/h6-11H,4-5H2,1-3H3,(H,17,18).